The van der Waals surface area contributed by atoms with Crippen molar-refractivity contribution < 1.29 is 24.7 Å². The van der Waals surface area contributed by atoms with Gasteiger partial charge in [0.25, 0.3) is 0 Å². The molecule has 0 atom stereocenters. The molecule has 0 saturated carbocycles. The van der Waals surface area contributed by atoms with Gasteiger partial charge in [0.15, 0.2) is 0 Å². The Bertz CT molecular complexity index is 155. The molecule has 0 saturated heterocycles. The first-order chi connectivity index (χ1) is 6.77. The normalized spacial score (nSPS) is 8.13. The molecule has 0 unspecified atom stereocenters. The van der Waals surface area contributed by atoms with Crippen molar-refractivity contribution in [3.8, 4) is 11.8 Å². The van der Waals surface area contributed by atoms with E-state index in [0.717, 1.165) is 26.0 Å². The van der Waals surface area contributed by atoms with Crippen LogP contribution in [0.1, 0.15) is 42.0 Å². The molecule has 0 aliphatic carbocycles. The topological polar surface area (TPSA) is 35.2 Å². The average Bonchev–Trinajstić information content (AvgIpc) is 2.19. The molecular formula is C12H27NOV. The van der Waals surface area contributed by atoms with Crippen molar-refractivity contribution in [3.05, 3.63) is 0 Å². The fourth-order valence-electron chi connectivity index (χ4n) is 0.717. The van der Waals surface area contributed by atoms with E-state index in [1.54, 1.807) is 0 Å². The van der Waals surface area contributed by atoms with Crippen molar-refractivity contribution in [3.63, 3.8) is 0 Å². The van der Waals surface area contributed by atoms with Gasteiger partial charge in [-0.1, -0.05) is 39.5 Å². The van der Waals surface area contributed by atoms with E-state index in [-0.39, 0.29) is 20.0 Å². The monoisotopic (exact) mass is 252 g/mol. The van der Waals surface area contributed by atoms with Gasteiger partial charge in [0.1, 0.15) is 6.61 Å². The minimum absolute atomic E-state index is 0. The van der Waals surface area contributed by atoms with Gasteiger partial charge in [0.05, 0.1) is 0 Å². The number of rotatable bonds is 5. The third kappa shape index (κ3) is 24.9. The summed E-state index contributed by atoms with van der Waals surface area (Å²) in [4.78, 5) is 0. The maximum atomic E-state index is 5.33. The SMILES string of the molecule is CC.CC(C)C#CCOCCCCN.[HH].[V]. The van der Waals surface area contributed by atoms with E-state index in [1.807, 2.05) is 13.8 Å². The Labute approximate surface area is 109 Å². The van der Waals surface area contributed by atoms with Gasteiger partial charge < -0.3 is 10.5 Å². The van der Waals surface area contributed by atoms with Gasteiger partial charge in [0, 0.05) is 32.5 Å². The van der Waals surface area contributed by atoms with Crippen LogP contribution in [0.25, 0.3) is 0 Å². The maximum absolute atomic E-state index is 5.33. The second-order valence-corrected chi connectivity index (χ2v) is 3.02. The molecule has 0 aromatic carbocycles. The van der Waals surface area contributed by atoms with E-state index in [0.29, 0.717) is 12.5 Å². The van der Waals surface area contributed by atoms with E-state index in [9.17, 15) is 0 Å². The second-order valence-electron chi connectivity index (χ2n) is 3.02. The van der Waals surface area contributed by atoms with Crippen molar-refractivity contribution in [2.24, 2.45) is 11.7 Å². The van der Waals surface area contributed by atoms with Gasteiger partial charge in [-0.3, -0.25) is 0 Å². The Morgan fingerprint density at radius 3 is 2.33 bits per heavy atom. The van der Waals surface area contributed by atoms with Crippen LogP contribution in [0.4, 0.5) is 0 Å². The molecule has 0 amide bonds. The largest absolute Gasteiger partial charge is 0.369 e. The van der Waals surface area contributed by atoms with Crippen LogP contribution >= 0.6 is 0 Å². The predicted molar refractivity (Wildman–Crippen MR) is 65.2 cm³/mol. The molecule has 0 spiro atoms. The first-order valence-corrected chi connectivity index (χ1v) is 5.53. The van der Waals surface area contributed by atoms with Crippen LogP contribution < -0.4 is 5.73 Å². The first kappa shape index (κ1) is 20.5. The van der Waals surface area contributed by atoms with Crippen LogP contribution in [0.15, 0.2) is 0 Å². The first-order valence-electron chi connectivity index (χ1n) is 5.53. The number of hydrogen-bond acceptors (Lipinski definition) is 2. The van der Waals surface area contributed by atoms with Crippen LogP contribution in [0, 0.1) is 17.8 Å². The summed E-state index contributed by atoms with van der Waals surface area (Å²) < 4.78 is 5.26. The van der Waals surface area contributed by atoms with Crippen molar-refractivity contribution in [2.45, 2.75) is 40.5 Å². The summed E-state index contributed by atoms with van der Waals surface area (Å²) in [6.07, 6.45) is 2.08. The Hall–Kier alpha value is 0.0644. The van der Waals surface area contributed by atoms with Crippen molar-refractivity contribution in [1.82, 2.24) is 0 Å². The minimum atomic E-state index is 0. The molecule has 1 radical (unpaired) electrons. The van der Waals surface area contributed by atoms with Gasteiger partial charge >= 0.3 is 0 Å². The second kappa shape index (κ2) is 19.6. The molecule has 0 bridgehead atoms. The van der Waals surface area contributed by atoms with Crippen LogP contribution in [0.5, 0.6) is 0 Å². The molecule has 2 nitrogen and oxygen atoms in total. The molecule has 91 valence electrons. The van der Waals surface area contributed by atoms with Crippen molar-refractivity contribution >= 4 is 0 Å². The summed E-state index contributed by atoms with van der Waals surface area (Å²) in [7, 11) is 0. The van der Waals surface area contributed by atoms with E-state index < -0.39 is 0 Å². The summed E-state index contributed by atoms with van der Waals surface area (Å²) >= 11 is 0. The van der Waals surface area contributed by atoms with Gasteiger partial charge in [-0.2, -0.15) is 0 Å². The predicted octanol–water partition coefficient (Wildman–Crippen LogP) is 2.67. The van der Waals surface area contributed by atoms with Crippen molar-refractivity contribution in [1.29, 1.82) is 0 Å². The molecule has 3 heteroatoms. The van der Waals surface area contributed by atoms with Gasteiger partial charge in [-0.25, -0.2) is 0 Å². The standard InChI is InChI=1S/C10H19NO.C2H6.V.H2/c1-10(2)6-5-9-12-8-4-3-7-11;1-2;;/h10H,3-4,7-9,11H2,1-2H3;1-2H3;;1H. The molecule has 0 heterocycles. The summed E-state index contributed by atoms with van der Waals surface area (Å²) in [5, 5.41) is 0. The van der Waals surface area contributed by atoms with E-state index in [1.165, 1.54) is 0 Å². The molecule has 0 aliphatic rings. The number of hydrogen-bond donors (Lipinski definition) is 1. The Balaban J connectivity index is -0.000000169. The van der Waals surface area contributed by atoms with Crippen LogP contribution in [0.2, 0.25) is 0 Å². The Kier molecular flexibility index (Phi) is 26.8. The summed E-state index contributed by atoms with van der Waals surface area (Å²) in [6.45, 7) is 10.2. The van der Waals surface area contributed by atoms with Crippen LogP contribution in [-0.4, -0.2) is 19.8 Å². The zero-order valence-corrected chi connectivity index (χ0v) is 11.9. The van der Waals surface area contributed by atoms with Gasteiger partial charge in [0.2, 0.25) is 0 Å². The number of unbranched alkanes of at least 4 members (excludes halogenated alkanes) is 1. The zero-order chi connectivity index (χ0) is 11.2. The number of ether oxygens (including phenoxy) is 1. The van der Waals surface area contributed by atoms with E-state index >= 15 is 0 Å². The molecule has 0 aromatic rings. The van der Waals surface area contributed by atoms with E-state index in [4.69, 9.17) is 10.5 Å². The van der Waals surface area contributed by atoms with Crippen LogP contribution in [-0.2, 0) is 23.3 Å². The number of nitrogens with two attached hydrogens (primary N) is 1. The Morgan fingerprint density at radius 1 is 1.27 bits per heavy atom. The fraction of sp³-hybridized carbons (Fsp3) is 0.833. The van der Waals surface area contributed by atoms with Gasteiger partial charge in [-0.15, -0.1) is 0 Å². The quantitative estimate of drug-likeness (QED) is 0.603. The van der Waals surface area contributed by atoms with Crippen LogP contribution in [0.3, 0.4) is 0 Å². The average molecular weight is 252 g/mol. The molecule has 0 aliphatic heterocycles. The van der Waals surface area contributed by atoms with Crippen molar-refractivity contribution in [2.75, 3.05) is 19.8 Å². The molecule has 0 rings (SSSR count). The maximum Gasteiger partial charge on any atom is 0.107 e. The smallest absolute Gasteiger partial charge is 0.107 e. The molecule has 2 N–H and O–H groups in total. The zero-order valence-electron chi connectivity index (χ0n) is 10.5. The fourth-order valence-corrected chi connectivity index (χ4v) is 0.717. The molecule has 0 fully saturated rings. The molecule has 15 heavy (non-hydrogen) atoms. The third-order valence-corrected chi connectivity index (χ3v) is 1.31. The molecule has 0 aromatic heterocycles. The van der Waals surface area contributed by atoms with Gasteiger partial charge in [-0.05, 0) is 19.4 Å². The Morgan fingerprint density at radius 2 is 1.87 bits per heavy atom. The van der Waals surface area contributed by atoms with E-state index in [2.05, 4.69) is 25.7 Å². The summed E-state index contributed by atoms with van der Waals surface area (Å²) in [6, 6.07) is 0. The minimum Gasteiger partial charge on any atom is -0.369 e. The summed E-state index contributed by atoms with van der Waals surface area (Å²) in [5.74, 6) is 6.44. The summed E-state index contributed by atoms with van der Waals surface area (Å²) in [5.41, 5.74) is 5.33. The molecular weight excluding hydrogens is 225 g/mol. The third-order valence-electron chi connectivity index (χ3n) is 1.31.